The smallest absolute Gasteiger partial charge is 0.308 e. The van der Waals surface area contributed by atoms with Gasteiger partial charge in [-0.25, -0.2) is 0 Å². The molecule has 2 heterocycles. The van der Waals surface area contributed by atoms with Crippen molar-refractivity contribution in [1.29, 1.82) is 0 Å². The van der Waals surface area contributed by atoms with E-state index in [9.17, 15) is 14.7 Å². The number of hydrogen-bond donors (Lipinski definition) is 1. The normalized spacial score (nSPS) is 25.8. The van der Waals surface area contributed by atoms with Crippen LogP contribution in [0.4, 0.5) is 0 Å². The predicted octanol–water partition coefficient (Wildman–Crippen LogP) is 6.47. The maximum absolute atomic E-state index is 14.1. The van der Waals surface area contributed by atoms with Gasteiger partial charge in [0.15, 0.2) is 11.5 Å². The molecule has 47 heavy (non-hydrogen) atoms. The molecule has 3 aromatic rings. The Bertz CT molecular complexity index is 1700. The topological polar surface area (TPSA) is 79.3 Å². The number of piperidine rings is 1. The van der Waals surface area contributed by atoms with Gasteiger partial charge in [0.05, 0.1) is 6.04 Å². The van der Waals surface area contributed by atoms with E-state index in [4.69, 9.17) is 9.47 Å². The van der Waals surface area contributed by atoms with Crippen molar-refractivity contribution in [3.63, 3.8) is 0 Å². The van der Waals surface area contributed by atoms with Gasteiger partial charge in [-0.05, 0) is 74.6 Å². The first-order chi connectivity index (χ1) is 22.7. The van der Waals surface area contributed by atoms with Crippen LogP contribution in [0.25, 0.3) is 6.08 Å². The zero-order valence-electron chi connectivity index (χ0n) is 27.9. The molecule has 2 aliphatic carbocycles. The van der Waals surface area contributed by atoms with Crippen LogP contribution in [0.1, 0.15) is 67.9 Å². The number of aryl methyl sites for hydroxylation is 1. The average Bonchev–Trinajstić information content (AvgIpc) is 3.39. The van der Waals surface area contributed by atoms with Gasteiger partial charge in [-0.15, -0.1) is 0 Å². The van der Waals surface area contributed by atoms with Crippen LogP contribution in [0.3, 0.4) is 0 Å². The lowest BCUT2D eigenvalue weighted by Crippen LogP contribution is -2.69. The molecule has 5 atom stereocenters. The van der Waals surface area contributed by atoms with Crippen LogP contribution in [-0.2, 0) is 27.8 Å². The van der Waals surface area contributed by atoms with Crippen molar-refractivity contribution >= 4 is 18.0 Å². The second-order valence-corrected chi connectivity index (χ2v) is 14.4. The number of nitrogens with zero attached hydrogens (tertiary/aromatic N) is 2. The van der Waals surface area contributed by atoms with E-state index in [1.807, 2.05) is 23.1 Å². The van der Waals surface area contributed by atoms with E-state index in [1.54, 1.807) is 12.1 Å². The third-order valence-electron chi connectivity index (χ3n) is 11.0. The summed E-state index contributed by atoms with van der Waals surface area (Å²) in [5.74, 6) is 1.10. The molecule has 4 aliphatic rings. The number of carbonyl (C=O) groups excluding carboxylic acids is 2. The highest BCUT2D eigenvalue weighted by molar-refractivity contribution is 5.92. The zero-order valence-corrected chi connectivity index (χ0v) is 27.9. The van der Waals surface area contributed by atoms with Crippen molar-refractivity contribution in [2.24, 2.45) is 11.8 Å². The fourth-order valence-corrected chi connectivity index (χ4v) is 9.23. The summed E-state index contributed by atoms with van der Waals surface area (Å²) in [5.41, 5.74) is 5.08. The monoisotopic (exact) mass is 634 g/mol. The van der Waals surface area contributed by atoms with Crippen LogP contribution in [0.2, 0.25) is 0 Å². The maximum atomic E-state index is 14.1. The first-order valence-corrected chi connectivity index (χ1v) is 17.2. The van der Waals surface area contributed by atoms with Crippen LogP contribution in [0.5, 0.6) is 17.2 Å². The molecular formula is C40H46N2O5. The second kappa shape index (κ2) is 12.5. The number of aromatic hydroxyl groups is 1. The number of amides is 1. The van der Waals surface area contributed by atoms with Gasteiger partial charge in [-0.1, -0.05) is 74.0 Å². The van der Waals surface area contributed by atoms with Gasteiger partial charge in [0.2, 0.25) is 5.91 Å². The quantitative estimate of drug-likeness (QED) is 0.165. The highest BCUT2D eigenvalue weighted by Crippen LogP contribution is 2.65. The minimum Gasteiger partial charge on any atom is -0.504 e. The fraction of sp³-hybridized carbons (Fsp3) is 0.450. The van der Waals surface area contributed by atoms with E-state index in [-0.39, 0.29) is 41.2 Å². The van der Waals surface area contributed by atoms with Crippen LogP contribution in [0, 0.1) is 18.8 Å². The lowest BCUT2D eigenvalue weighted by molar-refractivity contribution is -0.138. The van der Waals surface area contributed by atoms with Gasteiger partial charge >= 0.3 is 5.97 Å². The average molecular weight is 635 g/mol. The van der Waals surface area contributed by atoms with Crippen LogP contribution < -0.4 is 9.47 Å². The molecule has 0 unspecified atom stereocenters. The van der Waals surface area contributed by atoms with Gasteiger partial charge < -0.3 is 19.5 Å². The predicted molar refractivity (Wildman–Crippen MR) is 183 cm³/mol. The number of carbonyl (C=O) groups is 2. The Kier molecular flexibility index (Phi) is 8.37. The molecule has 1 saturated carbocycles. The molecule has 2 bridgehead atoms. The van der Waals surface area contributed by atoms with Gasteiger partial charge in [-0.3, -0.25) is 14.5 Å². The summed E-state index contributed by atoms with van der Waals surface area (Å²) >= 11 is 0. The van der Waals surface area contributed by atoms with Gasteiger partial charge in [0.25, 0.3) is 0 Å². The van der Waals surface area contributed by atoms with Crippen molar-refractivity contribution in [2.75, 3.05) is 19.6 Å². The van der Waals surface area contributed by atoms with E-state index < -0.39 is 5.97 Å². The van der Waals surface area contributed by atoms with E-state index in [1.165, 1.54) is 12.5 Å². The summed E-state index contributed by atoms with van der Waals surface area (Å²) in [5, 5.41) is 11.4. The Labute approximate surface area is 278 Å². The number of hydrogen-bond acceptors (Lipinski definition) is 6. The zero-order chi connectivity index (χ0) is 32.9. The Morgan fingerprint density at radius 1 is 1.13 bits per heavy atom. The molecule has 2 fully saturated rings. The molecule has 1 N–H and O–H groups in total. The van der Waals surface area contributed by atoms with Crippen molar-refractivity contribution in [3.8, 4) is 17.2 Å². The van der Waals surface area contributed by atoms with E-state index in [2.05, 4.69) is 68.1 Å². The second-order valence-electron chi connectivity index (χ2n) is 14.4. The van der Waals surface area contributed by atoms with E-state index >= 15 is 0 Å². The first-order valence-electron chi connectivity index (χ1n) is 17.2. The van der Waals surface area contributed by atoms with Crippen molar-refractivity contribution in [3.05, 3.63) is 94.6 Å². The summed E-state index contributed by atoms with van der Waals surface area (Å²) in [4.78, 5) is 31.0. The summed E-state index contributed by atoms with van der Waals surface area (Å²) in [6.45, 7) is 10.2. The highest BCUT2D eigenvalue weighted by atomic mass is 16.5. The fourth-order valence-electron chi connectivity index (χ4n) is 9.23. The van der Waals surface area contributed by atoms with E-state index in [0.29, 0.717) is 24.0 Å². The number of phenols is 1. The molecule has 0 radical (unpaired) electrons. The number of esters is 1. The van der Waals surface area contributed by atoms with E-state index in [0.717, 1.165) is 67.4 Å². The summed E-state index contributed by atoms with van der Waals surface area (Å²) in [7, 11) is 0. The van der Waals surface area contributed by atoms with Crippen LogP contribution in [0.15, 0.2) is 66.7 Å². The Morgan fingerprint density at radius 2 is 1.94 bits per heavy atom. The van der Waals surface area contributed by atoms with Gasteiger partial charge in [0.1, 0.15) is 11.9 Å². The standard InChI is InChI=1S/C40H46N2O5/c1-25(2)24-42(36(45)16-13-29-12-8-9-26(3)21-29)32-15-14-31-33-22-30-35(46-27(4)43)23-34(44)38-37(30)40(31,39(32)47-38)18-20-41(33)19-17-28-10-6-5-7-11-28/h5-13,16,21,23,25,31-33,39,44H,14-15,17-20,22,24H2,1-4H3/t31-,32+,33+,39-,40-/m0/s1. The Morgan fingerprint density at radius 3 is 2.68 bits per heavy atom. The third-order valence-corrected chi connectivity index (χ3v) is 11.0. The molecular weight excluding hydrogens is 588 g/mol. The molecule has 7 rings (SSSR count). The van der Waals surface area contributed by atoms with Gasteiger partial charge in [0, 0.05) is 54.7 Å². The number of rotatable bonds is 9. The molecule has 3 aromatic carbocycles. The minimum absolute atomic E-state index is 0.00677. The minimum atomic E-state index is -0.405. The number of ether oxygens (including phenoxy) is 2. The molecule has 1 saturated heterocycles. The maximum Gasteiger partial charge on any atom is 0.308 e. The lowest BCUT2D eigenvalue weighted by atomic mass is 9.50. The first kappa shape index (κ1) is 31.5. The van der Waals surface area contributed by atoms with Crippen LogP contribution >= 0.6 is 0 Å². The van der Waals surface area contributed by atoms with Crippen molar-refractivity contribution in [1.82, 2.24) is 9.80 Å². The lowest BCUT2D eigenvalue weighted by Gasteiger charge is -2.60. The highest BCUT2D eigenvalue weighted by Gasteiger charge is 2.67. The molecule has 2 aliphatic heterocycles. The Balaban J connectivity index is 1.27. The summed E-state index contributed by atoms with van der Waals surface area (Å²) < 4.78 is 12.7. The SMILES string of the molecule is CC(=O)Oc1cc(O)c2c3c1C[C@@H]1[C@@H]4CC[C@@H](N(CC(C)C)C(=O)C=Cc5cccc(C)c5)[C@H](O2)[C@]34CCN1CCc1ccccc1. The molecule has 0 aromatic heterocycles. The van der Waals surface area contributed by atoms with Gasteiger partial charge in [-0.2, -0.15) is 0 Å². The number of likely N-dealkylation sites (tertiary alicyclic amines) is 1. The van der Waals surface area contributed by atoms with Crippen molar-refractivity contribution in [2.45, 2.75) is 83.4 Å². The molecule has 7 nitrogen and oxygen atoms in total. The van der Waals surface area contributed by atoms with Crippen LogP contribution in [-0.4, -0.2) is 64.6 Å². The largest absolute Gasteiger partial charge is 0.504 e. The van der Waals surface area contributed by atoms with Crippen molar-refractivity contribution < 1.29 is 24.2 Å². The number of phenolic OH excluding ortho intramolecular Hbond substituents is 1. The third kappa shape index (κ3) is 5.62. The number of benzene rings is 3. The molecule has 1 amide bonds. The Hall–Kier alpha value is -4.10. The summed E-state index contributed by atoms with van der Waals surface area (Å²) in [6.07, 6.45) is 7.66. The summed E-state index contributed by atoms with van der Waals surface area (Å²) in [6, 6.07) is 20.4. The molecule has 1 spiro atoms. The molecule has 7 heteroatoms. The molecule has 246 valence electrons.